The summed E-state index contributed by atoms with van der Waals surface area (Å²) in [5, 5.41) is 24.4. The zero-order chi connectivity index (χ0) is 24.0. The van der Waals surface area contributed by atoms with Gasteiger partial charge in [-0.2, -0.15) is 0 Å². The molecule has 5 rings (SSSR count). The molecule has 2 aliphatic heterocycles. The van der Waals surface area contributed by atoms with Crippen LogP contribution in [-0.2, 0) is 12.0 Å². The number of hydrogen-bond acceptors (Lipinski definition) is 8. The van der Waals surface area contributed by atoms with E-state index in [4.69, 9.17) is 9.47 Å². The average Bonchev–Trinajstić information content (AvgIpc) is 3.07. The van der Waals surface area contributed by atoms with Crippen LogP contribution in [0.15, 0.2) is 46.6 Å². The van der Waals surface area contributed by atoms with Crippen LogP contribution >= 0.6 is 15.9 Å². The van der Waals surface area contributed by atoms with Crippen molar-refractivity contribution in [3.05, 3.63) is 67.8 Å². The molecule has 0 saturated carbocycles. The molecule has 180 valence electrons. The smallest absolute Gasteiger partial charge is 0.269 e. The SMILES string of the molecule is COc1cc2c3c(c1Br)O[C@@H]1C=C(NNc4ccc([N+](=O)[O-])cc4)C[C@@H](C)[C@]31C[C@@H](CO)NC2. The van der Waals surface area contributed by atoms with Crippen molar-refractivity contribution in [2.45, 2.75) is 43.9 Å². The molecule has 4 N–H and O–H groups in total. The summed E-state index contributed by atoms with van der Waals surface area (Å²) in [6.07, 6.45) is 3.43. The lowest BCUT2D eigenvalue weighted by Gasteiger charge is -2.43. The molecule has 10 heteroatoms. The molecule has 2 aromatic carbocycles. The van der Waals surface area contributed by atoms with Gasteiger partial charge in [-0.15, -0.1) is 0 Å². The number of rotatable bonds is 6. The molecule has 4 atom stereocenters. The van der Waals surface area contributed by atoms with Gasteiger partial charge >= 0.3 is 0 Å². The highest BCUT2D eigenvalue weighted by molar-refractivity contribution is 9.10. The van der Waals surface area contributed by atoms with E-state index in [0.29, 0.717) is 6.54 Å². The Hall–Kier alpha value is -2.82. The van der Waals surface area contributed by atoms with Crippen LogP contribution < -0.4 is 25.6 Å². The zero-order valence-corrected chi connectivity index (χ0v) is 20.5. The molecule has 1 spiro atoms. The second-order valence-electron chi connectivity index (χ2n) is 9.15. The first-order valence-corrected chi connectivity index (χ1v) is 12.0. The van der Waals surface area contributed by atoms with Crippen LogP contribution in [0.1, 0.15) is 30.9 Å². The van der Waals surface area contributed by atoms with Crippen LogP contribution in [0.2, 0.25) is 0 Å². The highest BCUT2D eigenvalue weighted by atomic mass is 79.9. The Balaban J connectivity index is 1.48. The minimum absolute atomic E-state index is 0.0437. The van der Waals surface area contributed by atoms with E-state index in [0.717, 1.165) is 45.8 Å². The van der Waals surface area contributed by atoms with Crippen molar-refractivity contribution in [1.82, 2.24) is 10.7 Å². The standard InChI is InChI=1S/C24H27BrN4O5/c1-13-7-16(28-27-15-3-5-18(6-4-15)29(31)32)9-20-24(13)10-17(12-30)26-11-14-8-19(33-2)22(25)23(34-20)21(14)24/h3-6,8-9,13,17,20,26-28,30H,7,10-12H2,1-2H3/t13-,17+,20-,24+/m1/s1. The summed E-state index contributed by atoms with van der Waals surface area (Å²) < 4.78 is 13.0. The molecule has 1 aliphatic carbocycles. The molecule has 34 heavy (non-hydrogen) atoms. The average molecular weight is 531 g/mol. The van der Waals surface area contributed by atoms with Crippen molar-refractivity contribution in [3.8, 4) is 11.5 Å². The van der Waals surface area contributed by atoms with E-state index in [1.807, 2.05) is 0 Å². The van der Waals surface area contributed by atoms with Gasteiger partial charge in [0.05, 0.1) is 24.3 Å². The molecule has 0 radical (unpaired) electrons. The van der Waals surface area contributed by atoms with Gasteiger partial charge in [0.25, 0.3) is 5.69 Å². The molecule has 0 amide bonds. The Morgan fingerprint density at radius 3 is 2.79 bits per heavy atom. The molecule has 2 heterocycles. The highest BCUT2D eigenvalue weighted by Crippen LogP contribution is 2.59. The van der Waals surface area contributed by atoms with Gasteiger partial charge in [-0.05, 0) is 64.5 Å². The van der Waals surface area contributed by atoms with Crippen molar-refractivity contribution in [2.24, 2.45) is 5.92 Å². The predicted molar refractivity (Wildman–Crippen MR) is 131 cm³/mol. The van der Waals surface area contributed by atoms with E-state index in [-0.39, 0.29) is 35.8 Å². The first kappa shape index (κ1) is 22.9. The number of nitrogens with one attached hydrogen (secondary N) is 3. The molecule has 3 aliphatic rings. The summed E-state index contributed by atoms with van der Waals surface area (Å²) in [5.41, 5.74) is 10.2. The maximum absolute atomic E-state index is 10.9. The molecule has 0 fully saturated rings. The van der Waals surface area contributed by atoms with Crippen LogP contribution in [0, 0.1) is 16.0 Å². The fourth-order valence-electron chi connectivity index (χ4n) is 5.61. The Kier molecular flexibility index (Phi) is 5.91. The number of ether oxygens (including phenoxy) is 2. The topological polar surface area (TPSA) is 118 Å². The fraction of sp³-hybridized carbons (Fsp3) is 0.417. The third kappa shape index (κ3) is 3.60. The van der Waals surface area contributed by atoms with Crippen molar-refractivity contribution < 1.29 is 19.5 Å². The number of nitro benzene ring substituents is 1. The zero-order valence-electron chi connectivity index (χ0n) is 18.9. The lowest BCUT2D eigenvalue weighted by molar-refractivity contribution is -0.384. The molecule has 0 unspecified atom stereocenters. The molecular weight excluding hydrogens is 504 g/mol. The van der Waals surface area contributed by atoms with Gasteiger partial charge in [0.2, 0.25) is 0 Å². The maximum atomic E-state index is 10.9. The van der Waals surface area contributed by atoms with E-state index >= 15 is 0 Å². The van der Waals surface area contributed by atoms with Gasteiger partial charge in [-0.25, -0.2) is 0 Å². The molecular formula is C24H27BrN4O5. The third-order valence-corrected chi connectivity index (χ3v) is 8.05. The van der Waals surface area contributed by atoms with E-state index in [2.05, 4.69) is 51.2 Å². The number of aliphatic hydroxyl groups excluding tert-OH is 1. The number of non-ortho nitro benzene ring substituents is 1. The lowest BCUT2D eigenvalue weighted by atomic mass is 9.61. The number of halogens is 1. The van der Waals surface area contributed by atoms with Gasteiger partial charge < -0.3 is 30.7 Å². The quantitative estimate of drug-likeness (QED) is 0.329. The minimum atomic E-state index is -0.417. The van der Waals surface area contributed by atoms with E-state index < -0.39 is 4.92 Å². The van der Waals surface area contributed by atoms with Crippen molar-refractivity contribution >= 4 is 27.3 Å². The van der Waals surface area contributed by atoms with E-state index in [1.165, 1.54) is 17.7 Å². The third-order valence-electron chi connectivity index (χ3n) is 7.30. The molecule has 0 aromatic heterocycles. The normalized spacial score (nSPS) is 26.9. The number of hydrazine groups is 1. The number of hydrogen-bond donors (Lipinski definition) is 4. The second-order valence-corrected chi connectivity index (χ2v) is 9.94. The Morgan fingerprint density at radius 1 is 1.35 bits per heavy atom. The Labute approximate surface area is 205 Å². The highest BCUT2D eigenvalue weighted by Gasteiger charge is 2.57. The maximum Gasteiger partial charge on any atom is 0.269 e. The van der Waals surface area contributed by atoms with Crippen LogP contribution in [0.5, 0.6) is 11.5 Å². The van der Waals surface area contributed by atoms with Crippen LogP contribution in [0.4, 0.5) is 11.4 Å². The predicted octanol–water partition coefficient (Wildman–Crippen LogP) is 3.76. The van der Waals surface area contributed by atoms with Gasteiger partial charge in [-0.1, -0.05) is 6.92 Å². The summed E-state index contributed by atoms with van der Waals surface area (Å²) in [5.74, 6) is 1.76. The molecule has 0 saturated heterocycles. The Morgan fingerprint density at radius 2 is 2.12 bits per heavy atom. The number of allylic oxidation sites excluding steroid dienone is 1. The number of nitro groups is 1. The van der Waals surface area contributed by atoms with Crippen LogP contribution in [0.25, 0.3) is 0 Å². The van der Waals surface area contributed by atoms with Gasteiger partial charge in [-0.3, -0.25) is 10.1 Å². The first-order chi connectivity index (χ1) is 16.4. The summed E-state index contributed by atoms with van der Waals surface area (Å²) >= 11 is 3.69. The largest absolute Gasteiger partial charge is 0.495 e. The van der Waals surface area contributed by atoms with Crippen LogP contribution in [0.3, 0.4) is 0 Å². The number of aliphatic hydroxyl groups is 1. The number of benzene rings is 2. The first-order valence-electron chi connectivity index (χ1n) is 11.2. The van der Waals surface area contributed by atoms with Gasteiger partial charge in [0, 0.05) is 41.4 Å². The summed E-state index contributed by atoms with van der Waals surface area (Å²) in [4.78, 5) is 10.5. The van der Waals surface area contributed by atoms with Crippen molar-refractivity contribution in [2.75, 3.05) is 19.1 Å². The monoisotopic (exact) mass is 530 g/mol. The Bertz CT molecular complexity index is 1160. The van der Waals surface area contributed by atoms with E-state index in [9.17, 15) is 15.2 Å². The van der Waals surface area contributed by atoms with Gasteiger partial charge in [0.15, 0.2) is 0 Å². The second kappa shape index (κ2) is 8.75. The number of anilines is 1. The fourth-order valence-corrected chi connectivity index (χ4v) is 6.18. The number of nitrogens with zero attached hydrogens (tertiary/aromatic N) is 1. The summed E-state index contributed by atoms with van der Waals surface area (Å²) in [6.45, 7) is 2.92. The molecule has 9 nitrogen and oxygen atoms in total. The molecule has 0 bridgehead atoms. The van der Waals surface area contributed by atoms with Crippen molar-refractivity contribution in [3.63, 3.8) is 0 Å². The van der Waals surface area contributed by atoms with Gasteiger partial charge in [0.1, 0.15) is 22.1 Å². The molecule has 2 aromatic rings. The summed E-state index contributed by atoms with van der Waals surface area (Å²) in [6, 6.07) is 8.28. The summed E-state index contributed by atoms with van der Waals surface area (Å²) in [7, 11) is 1.64. The lowest BCUT2D eigenvalue weighted by Crippen LogP contribution is -2.50. The number of methoxy groups -OCH3 is 1. The van der Waals surface area contributed by atoms with E-state index in [1.54, 1.807) is 19.2 Å². The van der Waals surface area contributed by atoms with Crippen LogP contribution in [-0.4, -0.2) is 35.9 Å². The minimum Gasteiger partial charge on any atom is -0.495 e. The van der Waals surface area contributed by atoms with Crippen molar-refractivity contribution in [1.29, 1.82) is 0 Å².